The standard InChI is InChI=1S/C12H13FN2/c13-12-5-4-9(6-10(12)7-14)8-15-11-2-1-3-11/h4-6,11,15H,1-3,8H2. The molecule has 15 heavy (non-hydrogen) atoms. The van der Waals surface area contributed by atoms with E-state index >= 15 is 0 Å². The summed E-state index contributed by atoms with van der Waals surface area (Å²) in [5.41, 5.74) is 1.10. The first-order valence-electron chi connectivity index (χ1n) is 5.21. The molecule has 2 nitrogen and oxygen atoms in total. The summed E-state index contributed by atoms with van der Waals surface area (Å²) in [6.07, 6.45) is 3.75. The van der Waals surface area contributed by atoms with Crippen molar-refractivity contribution in [3.63, 3.8) is 0 Å². The molecule has 3 heteroatoms. The van der Waals surface area contributed by atoms with Gasteiger partial charge in [0.1, 0.15) is 11.9 Å². The average Bonchev–Trinajstić information content (AvgIpc) is 2.18. The summed E-state index contributed by atoms with van der Waals surface area (Å²) >= 11 is 0. The van der Waals surface area contributed by atoms with Crippen LogP contribution in [0.5, 0.6) is 0 Å². The van der Waals surface area contributed by atoms with Crippen LogP contribution >= 0.6 is 0 Å². The fourth-order valence-electron chi connectivity index (χ4n) is 1.64. The molecule has 0 heterocycles. The molecular weight excluding hydrogens is 191 g/mol. The Morgan fingerprint density at radius 1 is 1.47 bits per heavy atom. The van der Waals surface area contributed by atoms with Gasteiger partial charge in [-0.15, -0.1) is 0 Å². The van der Waals surface area contributed by atoms with E-state index in [1.807, 2.05) is 6.07 Å². The molecule has 0 saturated heterocycles. The van der Waals surface area contributed by atoms with Crippen molar-refractivity contribution in [2.24, 2.45) is 0 Å². The van der Waals surface area contributed by atoms with Crippen molar-refractivity contribution in [1.82, 2.24) is 5.32 Å². The van der Waals surface area contributed by atoms with Crippen molar-refractivity contribution in [3.05, 3.63) is 35.1 Å². The number of hydrogen-bond donors (Lipinski definition) is 1. The van der Waals surface area contributed by atoms with Gasteiger partial charge in [-0.05, 0) is 30.5 Å². The van der Waals surface area contributed by atoms with Gasteiger partial charge in [0.05, 0.1) is 5.56 Å². The van der Waals surface area contributed by atoms with Gasteiger partial charge in [-0.25, -0.2) is 4.39 Å². The van der Waals surface area contributed by atoms with Gasteiger partial charge in [0.2, 0.25) is 0 Å². The zero-order valence-corrected chi connectivity index (χ0v) is 8.46. The van der Waals surface area contributed by atoms with E-state index in [0.29, 0.717) is 6.04 Å². The fraction of sp³-hybridized carbons (Fsp3) is 0.417. The lowest BCUT2D eigenvalue weighted by atomic mass is 9.93. The molecule has 1 saturated carbocycles. The minimum atomic E-state index is -0.440. The van der Waals surface area contributed by atoms with E-state index in [9.17, 15) is 4.39 Å². The van der Waals surface area contributed by atoms with Crippen LogP contribution in [0.15, 0.2) is 18.2 Å². The average molecular weight is 204 g/mol. The highest BCUT2D eigenvalue weighted by atomic mass is 19.1. The molecule has 0 aromatic heterocycles. The van der Waals surface area contributed by atoms with Gasteiger partial charge in [0.15, 0.2) is 0 Å². The summed E-state index contributed by atoms with van der Waals surface area (Å²) in [6, 6.07) is 7.15. The topological polar surface area (TPSA) is 35.8 Å². The molecule has 0 unspecified atom stereocenters. The second-order valence-electron chi connectivity index (χ2n) is 3.93. The molecule has 0 bridgehead atoms. The third-order valence-corrected chi connectivity index (χ3v) is 2.85. The zero-order chi connectivity index (χ0) is 10.7. The van der Waals surface area contributed by atoms with Crippen LogP contribution < -0.4 is 5.32 Å². The van der Waals surface area contributed by atoms with Gasteiger partial charge in [-0.1, -0.05) is 12.5 Å². The van der Waals surface area contributed by atoms with Crippen LogP contribution in [0.25, 0.3) is 0 Å². The van der Waals surface area contributed by atoms with Gasteiger partial charge in [0, 0.05) is 12.6 Å². The molecule has 0 atom stereocenters. The maximum Gasteiger partial charge on any atom is 0.140 e. The number of nitrogens with zero attached hydrogens (tertiary/aromatic N) is 1. The van der Waals surface area contributed by atoms with Crippen molar-refractivity contribution >= 4 is 0 Å². The Balaban J connectivity index is 1.99. The third-order valence-electron chi connectivity index (χ3n) is 2.85. The number of nitrogens with one attached hydrogen (secondary N) is 1. The van der Waals surface area contributed by atoms with Crippen LogP contribution in [0.3, 0.4) is 0 Å². The summed E-state index contributed by atoms with van der Waals surface area (Å²) < 4.78 is 13.0. The van der Waals surface area contributed by atoms with Crippen LogP contribution in [0.4, 0.5) is 4.39 Å². The summed E-state index contributed by atoms with van der Waals surface area (Å²) in [4.78, 5) is 0. The molecule has 0 spiro atoms. The minimum absolute atomic E-state index is 0.128. The van der Waals surface area contributed by atoms with Gasteiger partial charge in [-0.3, -0.25) is 0 Å². The second kappa shape index (κ2) is 4.41. The quantitative estimate of drug-likeness (QED) is 0.820. The van der Waals surface area contributed by atoms with Crippen molar-refractivity contribution < 1.29 is 4.39 Å². The Hall–Kier alpha value is -1.40. The molecule has 2 rings (SSSR count). The fourth-order valence-corrected chi connectivity index (χ4v) is 1.64. The van der Waals surface area contributed by atoms with Crippen molar-refractivity contribution in [3.8, 4) is 6.07 Å². The zero-order valence-electron chi connectivity index (χ0n) is 8.46. The van der Waals surface area contributed by atoms with Crippen LogP contribution in [0, 0.1) is 17.1 Å². The molecule has 1 fully saturated rings. The predicted molar refractivity (Wildman–Crippen MR) is 55.6 cm³/mol. The molecule has 0 amide bonds. The van der Waals surface area contributed by atoms with Crippen molar-refractivity contribution in [2.45, 2.75) is 31.8 Å². The Labute approximate surface area is 88.7 Å². The van der Waals surface area contributed by atoms with Crippen LogP contribution in [0.2, 0.25) is 0 Å². The van der Waals surface area contributed by atoms with E-state index in [-0.39, 0.29) is 5.56 Å². The van der Waals surface area contributed by atoms with Gasteiger partial charge in [0.25, 0.3) is 0 Å². The Morgan fingerprint density at radius 3 is 2.87 bits per heavy atom. The molecule has 0 aliphatic heterocycles. The molecule has 1 aliphatic carbocycles. The summed E-state index contributed by atoms with van der Waals surface area (Å²) in [5.74, 6) is -0.440. The first-order valence-corrected chi connectivity index (χ1v) is 5.21. The van der Waals surface area contributed by atoms with Crippen molar-refractivity contribution in [2.75, 3.05) is 0 Å². The summed E-state index contributed by atoms with van der Waals surface area (Å²) in [6.45, 7) is 0.722. The number of nitriles is 1. The molecule has 1 aliphatic rings. The molecule has 78 valence electrons. The lowest BCUT2D eigenvalue weighted by Gasteiger charge is -2.26. The first-order chi connectivity index (χ1) is 7.29. The first kappa shape index (κ1) is 10.1. The Bertz CT molecular complexity index is 391. The van der Waals surface area contributed by atoms with E-state index in [4.69, 9.17) is 5.26 Å². The molecule has 1 aromatic rings. The monoisotopic (exact) mass is 204 g/mol. The smallest absolute Gasteiger partial charge is 0.140 e. The number of halogens is 1. The second-order valence-corrected chi connectivity index (χ2v) is 3.93. The van der Waals surface area contributed by atoms with Crippen molar-refractivity contribution in [1.29, 1.82) is 5.26 Å². The van der Waals surface area contributed by atoms with Crippen LogP contribution in [-0.2, 0) is 6.54 Å². The van der Waals surface area contributed by atoms with Crippen LogP contribution in [0.1, 0.15) is 30.4 Å². The summed E-state index contributed by atoms with van der Waals surface area (Å²) in [7, 11) is 0. The number of hydrogen-bond acceptors (Lipinski definition) is 2. The van der Waals surface area contributed by atoms with Gasteiger partial charge < -0.3 is 5.32 Å². The predicted octanol–water partition coefficient (Wildman–Crippen LogP) is 2.34. The molecule has 0 radical (unpaired) electrons. The number of rotatable bonds is 3. The third kappa shape index (κ3) is 2.34. The number of benzene rings is 1. The SMILES string of the molecule is N#Cc1cc(CNC2CCC2)ccc1F. The molecule has 1 aromatic carbocycles. The molecular formula is C12H13FN2. The van der Waals surface area contributed by atoms with Crippen LogP contribution in [-0.4, -0.2) is 6.04 Å². The Kier molecular flexibility index (Phi) is 2.98. The largest absolute Gasteiger partial charge is 0.310 e. The minimum Gasteiger partial charge on any atom is -0.310 e. The lowest BCUT2D eigenvalue weighted by molar-refractivity contribution is 0.338. The normalized spacial score (nSPS) is 15.7. The molecule has 1 N–H and O–H groups in total. The lowest BCUT2D eigenvalue weighted by Crippen LogP contribution is -2.34. The van der Waals surface area contributed by atoms with Gasteiger partial charge in [-0.2, -0.15) is 5.26 Å². The summed E-state index contributed by atoms with van der Waals surface area (Å²) in [5, 5.41) is 12.0. The maximum atomic E-state index is 13.0. The Morgan fingerprint density at radius 2 is 2.27 bits per heavy atom. The highest BCUT2D eigenvalue weighted by molar-refractivity contribution is 5.34. The highest BCUT2D eigenvalue weighted by Gasteiger charge is 2.16. The van der Waals surface area contributed by atoms with E-state index in [1.54, 1.807) is 12.1 Å². The van der Waals surface area contributed by atoms with E-state index in [0.717, 1.165) is 12.1 Å². The van der Waals surface area contributed by atoms with E-state index in [1.165, 1.54) is 25.3 Å². The van der Waals surface area contributed by atoms with E-state index in [2.05, 4.69) is 5.32 Å². The highest BCUT2D eigenvalue weighted by Crippen LogP contribution is 2.18. The van der Waals surface area contributed by atoms with Gasteiger partial charge >= 0.3 is 0 Å². The van der Waals surface area contributed by atoms with E-state index < -0.39 is 5.82 Å². The maximum absolute atomic E-state index is 13.0.